The Bertz CT molecular complexity index is 635. The SMILES string of the molecule is O=C1OCc2ccc(NC(=O)[C@H]3CNC4(CCCC4)C3)cc21. The zero-order chi connectivity index (χ0) is 15.2. The fourth-order valence-corrected chi connectivity index (χ4v) is 4.01. The summed E-state index contributed by atoms with van der Waals surface area (Å²) >= 11 is 0. The summed E-state index contributed by atoms with van der Waals surface area (Å²) in [6.07, 6.45) is 5.80. The molecule has 1 aromatic rings. The maximum atomic E-state index is 12.5. The van der Waals surface area contributed by atoms with Gasteiger partial charge in [-0.1, -0.05) is 18.9 Å². The number of carbonyl (C=O) groups is 2. The van der Waals surface area contributed by atoms with Gasteiger partial charge in [-0.15, -0.1) is 0 Å². The Morgan fingerprint density at radius 1 is 1.32 bits per heavy atom. The van der Waals surface area contributed by atoms with Crippen molar-refractivity contribution < 1.29 is 14.3 Å². The van der Waals surface area contributed by atoms with Gasteiger partial charge in [-0.05, 0) is 31.4 Å². The fraction of sp³-hybridized carbons (Fsp3) is 0.529. The summed E-state index contributed by atoms with van der Waals surface area (Å²) < 4.78 is 4.98. The minimum Gasteiger partial charge on any atom is -0.457 e. The summed E-state index contributed by atoms with van der Waals surface area (Å²) in [7, 11) is 0. The topological polar surface area (TPSA) is 67.4 Å². The van der Waals surface area contributed by atoms with Crippen LogP contribution in [0.25, 0.3) is 0 Å². The van der Waals surface area contributed by atoms with Crippen LogP contribution in [-0.2, 0) is 16.1 Å². The van der Waals surface area contributed by atoms with Crippen LogP contribution >= 0.6 is 0 Å². The third-order valence-corrected chi connectivity index (χ3v) is 5.25. The lowest BCUT2D eigenvalue weighted by atomic mass is 9.91. The number of cyclic esters (lactones) is 1. The van der Waals surface area contributed by atoms with Crippen molar-refractivity contribution in [1.29, 1.82) is 0 Å². The Hall–Kier alpha value is -1.88. The number of carbonyl (C=O) groups excluding carboxylic acids is 2. The van der Waals surface area contributed by atoms with E-state index in [0.717, 1.165) is 18.5 Å². The van der Waals surface area contributed by atoms with Gasteiger partial charge in [0.05, 0.1) is 11.5 Å². The van der Waals surface area contributed by atoms with E-state index in [1.54, 1.807) is 6.07 Å². The van der Waals surface area contributed by atoms with Crippen LogP contribution in [0.4, 0.5) is 5.69 Å². The lowest BCUT2D eigenvalue weighted by Crippen LogP contribution is -2.35. The van der Waals surface area contributed by atoms with Gasteiger partial charge < -0.3 is 15.4 Å². The van der Waals surface area contributed by atoms with Gasteiger partial charge in [-0.3, -0.25) is 4.79 Å². The number of anilines is 1. The van der Waals surface area contributed by atoms with E-state index in [2.05, 4.69) is 10.6 Å². The van der Waals surface area contributed by atoms with Crippen molar-refractivity contribution in [2.75, 3.05) is 11.9 Å². The first kappa shape index (κ1) is 13.8. The van der Waals surface area contributed by atoms with Crippen molar-refractivity contribution in [1.82, 2.24) is 5.32 Å². The van der Waals surface area contributed by atoms with Gasteiger partial charge in [0.25, 0.3) is 0 Å². The molecule has 4 rings (SSSR count). The third kappa shape index (κ3) is 2.29. The molecule has 2 fully saturated rings. The van der Waals surface area contributed by atoms with Crippen LogP contribution in [0.3, 0.4) is 0 Å². The first-order valence-electron chi connectivity index (χ1n) is 8.01. The summed E-state index contributed by atoms with van der Waals surface area (Å²) in [6, 6.07) is 5.41. The van der Waals surface area contributed by atoms with E-state index in [4.69, 9.17) is 4.74 Å². The first-order valence-corrected chi connectivity index (χ1v) is 8.01. The van der Waals surface area contributed by atoms with Crippen LogP contribution in [0.1, 0.15) is 48.0 Å². The van der Waals surface area contributed by atoms with E-state index in [1.165, 1.54) is 25.7 Å². The maximum Gasteiger partial charge on any atom is 0.338 e. The first-order chi connectivity index (χ1) is 10.7. The predicted molar refractivity (Wildman–Crippen MR) is 81.5 cm³/mol. The molecule has 116 valence electrons. The normalized spacial score (nSPS) is 25.3. The summed E-state index contributed by atoms with van der Waals surface area (Å²) in [6.45, 7) is 1.08. The molecule has 22 heavy (non-hydrogen) atoms. The van der Waals surface area contributed by atoms with Gasteiger partial charge in [-0.25, -0.2) is 4.79 Å². The second-order valence-electron chi connectivity index (χ2n) is 6.71. The second-order valence-corrected chi connectivity index (χ2v) is 6.71. The standard InChI is InChI=1S/C17H20N2O3/c20-15(12-8-17(18-9-12)5-1-2-6-17)19-13-4-3-11-10-22-16(21)14(11)7-13/h3-4,7,12,18H,1-2,5-6,8-10H2,(H,19,20)/t12-/m1/s1. The molecule has 2 heterocycles. The van der Waals surface area contributed by atoms with Gasteiger partial charge in [0, 0.05) is 23.3 Å². The van der Waals surface area contributed by atoms with Crippen molar-refractivity contribution in [2.24, 2.45) is 5.92 Å². The van der Waals surface area contributed by atoms with Crippen LogP contribution in [0.2, 0.25) is 0 Å². The molecule has 1 aliphatic carbocycles. The number of benzene rings is 1. The molecule has 1 atom stereocenters. The van der Waals surface area contributed by atoms with Gasteiger partial charge in [0.1, 0.15) is 6.61 Å². The number of rotatable bonds is 2. The van der Waals surface area contributed by atoms with Crippen molar-refractivity contribution in [3.8, 4) is 0 Å². The van der Waals surface area contributed by atoms with E-state index in [-0.39, 0.29) is 23.3 Å². The molecule has 1 spiro atoms. The molecule has 1 amide bonds. The molecule has 1 aromatic carbocycles. The highest BCUT2D eigenvalue weighted by Crippen LogP contribution is 2.39. The largest absolute Gasteiger partial charge is 0.457 e. The zero-order valence-electron chi connectivity index (χ0n) is 12.5. The fourth-order valence-electron chi connectivity index (χ4n) is 4.01. The smallest absolute Gasteiger partial charge is 0.338 e. The Kier molecular flexibility index (Phi) is 3.18. The number of hydrogen-bond donors (Lipinski definition) is 2. The van der Waals surface area contributed by atoms with Gasteiger partial charge in [0.2, 0.25) is 5.91 Å². The maximum absolute atomic E-state index is 12.5. The number of hydrogen-bond acceptors (Lipinski definition) is 4. The van der Waals surface area contributed by atoms with Crippen LogP contribution in [0.5, 0.6) is 0 Å². The molecule has 2 N–H and O–H groups in total. The van der Waals surface area contributed by atoms with Crippen LogP contribution < -0.4 is 10.6 Å². The Balaban J connectivity index is 1.44. The van der Waals surface area contributed by atoms with Crippen molar-refractivity contribution in [3.63, 3.8) is 0 Å². The van der Waals surface area contributed by atoms with Gasteiger partial charge in [0.15, 0.2) is 0 Å². The Labute approximate surface area is 129 Å². The van der Waals surface area contributed by atoms with E-state index in [1.807, 2.05) is 12.1 Å². The number of nitrogens with one attached hydrogen (secondary N) is 2. The molecule has 2 aliphatic heterocycles. The summed E-state index contributed by atoms with van der Waals surface area (Å²) in [5.74, 6) is -0.251. The number of amides is 1. The zero-order valence-corrected chi connectivity index (χ0v) is 12.5. The van der Waals surface area contributed by atoms with E-state index in [0.29, 0.717) is 17.9 Å². The highest BCUT2D eigenvalue weighted by Gasteiger charge is 2.43. The molecular weight excluding hydrogens is 280 g/mol. The number of ether oxygens (including phenoxy) is 1. The lowest BCUT2D eigenvalue weighted by molar-refractivity contribution is -0.119. The molecule has 3 aliphatic rings. The average molecular weight is 300 g/mol. The van der Waals surface area contributed by atoms with E-state index < -0.39 is 0 Å². The molecule has 1 saturated heterocycles. The molecule has 0 unspecified atom stereocenters. The molecule has 0 aromatic heterocycles. The molecular formula is C17H20N2O3. The van der Waals surface area contributed by atoms with E-state index >= 15 is 0 Å². The van der Waals surface area contributed by atoms with Gasteiger partial charge in [-0.2, -0.15) is 0 Å². The number of esters is 1. The average Bonchev–Trinajstić information content (AvgIpc) is 3.23. The van der Waals surface area contributed by atoms with Crippen molar-refractivity contribution >= 4 is 17.6 Å². The van der Waals surface area contributed by atoms with Crippen molar-refractivity contribution in [3.05, 3.63) is 29.3 Å². The van der Waals surface area contributed by atoms with Gasteiger partial charge >= 0.3 is 5.97 Å². The van der Waals surface area contributed by atoms with Crippen LogP contribution in [0, 0.1) is 5.92 Å². The quantitative estimate of drug-likeness (QED) is 0.822. The van der Waals surface area contributed by atoms with Crippen LogP contribution in [-0.4, -0.2) is 24.0 Å². The summed E-state index contributed by atoms with van der Waals surface area (Å²) in [4.78, 5) is 24.1. The second kappa shape index (κ2) is 5.09. The minimum absolute atomic E-state index is 0.0123. The Morgan fingerprint density at radius 3 is 2.95 bits per heavy atom. The number of fused-ring (bicyclic) bond motifs is 1. The third-order valence-electron chi connectivity index (χ3n) is 5.25. The summed E-state index contributed by atoms with van der Waals surface area (Å²) in [5.41, 5.74) is 2.32. The Morgan fingerprint density at radius 2 is 2.14 bits per heavy atom. The lowest BCUT2D eigenvalue weighted by Gasteiger charge is -2.22. The molecule has 5 nitrogen and oxygen atoms in total. The highest BCUT2D eigenvalue weighted by molar-refractivity contribution is 5.97. The van der Waals surface area contributed by atoms with Crippen LogP contribution in [0.15, 0.2) is 18.2 Å². The summed E-state index contributed by atoms with van der Waals surface area (Å²) in [5, 5.41) is 6.52. The molecule has 0 radical (unpaired) electrons. The molecule has 1 saturated carbocycles. The monoisotopic (exact) mass is 300 g/mol. The van der Waals surface area contributed by atoms with E-state index in [9.17, 15) is 9.59 Å². The van der Waals surface area contributed by atoms with Crippen molar-refractivity contribution in [2.45, 2.75) is 44.2 Å². The molecule has 5 heteroatoms. The minimum atomic E-state index is -0.307. The molecule has 0 bridgehead atoms. The predicted octanol–water partition coefficient (Wildman–Crippen LogP) is 2.22. The highest BCUT2D eigenvalue weighted by atomic mass is 16.5.